The van der Waals surface area contributed by atoms with Gasteiger partial charge in [-0.05, 0) is 103 Å². The van der Waals surface area contributed by atoms with E-state index in [0.717, 1.165) is 49.4 Å². The number of halogens is 1. The lowest BCUT2D eigenvalue weighted by atomic mass is 9.33. The third-order valence-corrected chi connectivity index (χ3v) is 15.6. The number of nitrogens with one attached hydrogen (secondary N) is 3. The molecule has 0 spiro atoms. The molecule has 12 nitrogen and oxygen atoms in total. The molecule has 4 heterocycles. The van der Waals surface area contributed by atoms with Crippen LogP contribution < -0.4 is 19.7 Å². The van der Waals surface area contributed by atoms with Crippen LogP contribution in [0.5, 0.6) is 11.5 Å². The van der Waals surface area contributed by atoms with Crippen LogP contribution in [0.3, 0.4) is 0 Å². The zero-order valence-electron chi connectivity index (χ0n) is 35.8. The first-order chi connectivity index (χ1) is 29.2. The first-order valence-corrected chi connectivity index (χ1v) is 23.1. The molecule has 10 rings (SSSR count). The number of nitro benzene ring substituents is 1. The fourth-order valence-corrected chi connectivity index (χ4v) is 12.0. The summed E-state index contributed by atoms with van der Waals surface area (Å²) in [6.07, 6.45) is 11.8. The average Bonchev–Trinajstić information content (AvgIpc) is 3.70. The number of allylic oxidation sites excluding steroid dienone is 1. The van der Waals surface area contributed by atoms with Crippen LogP contribution in [-0.2, 0) is 4.74 Å². The highest BCUT2D eigenvalue weighted by molar-refractivity contribution is 8.13. The summed E-state index contributed by atoms with van der Waals surface area (Å²) in [7, 11) is -1.01. The molecule has 1 unspecified atom stereocenters. The van der Waals surface area contributed by atoms with E-state index in [-0.39, 0.29) is 36.7 Å². The molecule has 5 fully saturated rings. The Balaban J connectivity index is 0.921. The number of ether oxygens (including phenoxy) is 2. The molecule has 2 aliphatic heterocycles. The fraction of sp³-hybridized carbons (Fsp3) is 0.511. The number of H-pyrrole nitrogens is 1. The Morgan fingerprint density at radius 3 is 2.54 bits per heavy atom. The Bertz CT molecular complexity index is 2390. The number of nitro groups is 1. The molecule has 4 aromatic rings. The molecule has 324 valence electrons. The van der Waals surface area contributed by atoms with Crippen molar-refractivity contribution < 1.29 is 23.6 Å². The normalized spacial score (nSPS) is 25.1. The molecule has 6 aliphatic rings. The molecule has 3 saturated carbocycles. The zero-order valence-corrected chi connectivity index (χ0v) is 36.6. The largest absolute Gasteiger partial charge is 0.455 e. The number of piperazine rings is 1. The van der Waals surface area contributed by atoms with E-state index in [1.165, 1.54) is 44.6 Å². The minimum atomic E-state index is -1.50. The maximum absolute atomic E-state index is 15.3. The maximum Gasteiger partial charge on any atom is 0.293 e. The second kappa shape index (κ2) is 16.2. The van der Waals surface area contributed by atoms with Gasteiger partial charge in [0.05, 0.1) is 16.7 Å². The van der Waals surface area contributed by atoms with Crippen molar-refractivity contribution in [1.29, 1.82) is 0 Å². The van der Waals surface area contributed by atoms with E-state index in [9.17, 15) is 14.9 Å². The number of aromatic amines is 1. The summed E-state index contributed by atoms with van der Waals surface area (Å²) in [6, 6.07) is 14.3. The molecule has 2 aromatic heterocycles. The van der Waals surface area contributed by atoms with Crippen LogP contribution in [0.1, 0.15) is 89.4 Å². The molecule has 0 radical (unpaired) electrons. The van der Waals surface area contributed by atoms with Crippen molar-refractivity contribution in [3.8, 4) is 11.5 Å². The molecule has 1 amide bonds. The number of fused-ring (bicyclic) bond motifs is 1. The van der Waals surface area contributed by atoms with Gasteiger partial charge in [-0.1, -0.05) is 42.6 Å². The van der Waals surface area contributed by atoms with E-state index in [2.05, 4.69) is 50.6 Å². The standard InChI is InChI=1S/C47H58FN7O5S/c1-5-61(36-7-9-39(40(24-36)55(57)58)51-31-47(48)13-20-59-21-14-47)52-43(56)37-8-6-34(23-41(37)60-35-22-32-11-15-49-42(32)50-26-35)54-18-16-53(17-19-54)27-33-10-12-44(2,3)25-38(33)46-28-45(4,29-46)30-46/h5-9,11,15,22-24,26,51H,10,12-14,16-21,25,27-31H2,1-4H3,(H,49,50)(H,52,56). The van der Waals surface area contributed by atoms with E-state index in [1.54, 1.807) is 42.5 Å². The van der Waals surface area contributed by atoms with Crippen LogP contribution in [0.15, 0.2) is 77.0 Å². The monoisotopic (exact) mass is 851 g/mol. The van der Waals surface area contributed by atoms with Gasteiger partial charge in [0.25, 0.3) is 11.6 Å². The topological polar surface area (TPSA) is 138 Å². The van der Waals surface area contributed by atoms with Crippen molar-refractivity contribution in [3.05, 3.63) is 87.7 Å². The Morgan fingerprint density at radius 1 is 1.05 bits per heavy atom. The SMILES string of the molecule is C/C=S(\NC(=O)c1ccc(N2CCN(CC3=C(C45CC(C)(C4)C5)CC(C)(C)CC3)CC2)cc1Oc1cnc2[nH]ccc2c1)c1ccc(NCC2(F)CCOCC2)c([N+](=O)[O-])c1. The Hall–Kier alpha value is -4.79. The zero-order chi connectivity index (χ0) is 42.6. The number of anilines is 2. The minimum Gasteiger partial charge on any atom is -0.455 e. The summed E-state index contributed by atoms with van der Waals surface area (Å²) < 4.78 is 30.2. The molecular weight excluding hydrogens is 794 g/mol. The highest BCUT2D eigenvalue weighted by Gasteiger charge is 2.66. The number of alkyl halides is 1. The highest BCUT2D eigenvalue weighted by atomic mass is 32.2. The minimum absolute atomic E-state index is 0.0577. The van der Waals surface area contributed by atoms with Crippen LogP contribution in [0.25, 0.3) is 11.0 Å². The Labute approximate surface area is 359 Å². The Morgan fingerprint density at radius 2 is 1.82 bits per heavy atom. The predicted octanol–water partition coefficient (Wildman–Crippen LogP) is 9.81. The van der Waals surface area contributed by atoms with Gasteiger partial charge >= 0.3 is 0 Å². The number of nitrogens with zero attached hydrogens (tertiary/aromatic N) is 4. The number of aromatic nitrogens is 2. The van der Waals surface area contributed by atoms with Crippen molar-refractivity contribution in [1.82, 2.24) is 19.6 Å². The van der Waals surface area contributed by atoms with Gasteiger partial charge in [-0.25, -0.2) is 9.37 Å². The first kappa shape index (κ1) is 41.6. The van der Waals surface area contributed by atoms with Crippen molar-refractivity contribution >= 4 is 50.0 Å². The molecule has 3 N–H and O–H groups in total. The summed E-state index contributed by atoms with van der Waals surface area (Å²) in [5, 5.41) is 17.9. The molecule has 2 saturated heterocycles. The van der Waals surface area contributed by atoms with Gasteiger partial charge in [-0.15, -0.1) is 0 Å². The molecule has 4 aliphatic carbocycles. The van der Waals surface area contributed by atoms with Gasteiger partial charge in [0.2, 0.25) is 0 Å². The lowest BCUT2D eigenvalue weighted by molar-refractivity contribution is -0.384. The van der Waals surface area contributed by atoms with Crippen molar-refractivity contribution in [2.45, 2.75) is 89.6 Å². The first-order valence-electron chi connectivity index (χ1n) is 21.8. The van der Waals surface area contributed by atoms with Crippen molar-refractivity contribution in [2.24, 2.45) is 16.2 Å². The number of amides is 1. The summed E-state index contributed by atoms with van der Waals surface area (Å²) in [6.45, 7) is 14.4. The van der Waals surface area contributed by atoms with Gasteiger partial charge in [0.1, 0.15) is 28.5 Å². The fourth-order valence-electron chi connectivity index (χ4n) is 10.7. The van der Waals surface area contributed by atoms with Gasteiger partial charge in [0, 0.05) is 99.6 Å². The predicted molar refractivity (Wildman–Crippen MR) is 241 cm³/mol. The molecule has 1 atom stereocenters. The molecule has 14 heteroatoms. The molecule has 2 bridgehead atoms. The smallest absolute Gasteiger partial charge is 0.293 e. The summed E-state index contributed by atoms with van der Waals surface area (Å²) >= 11 is 0. The molecule has 2 aromatic carbocycles. The van der Waals surface area contributed by atoms with E-state index in [4.69, 9.17) is 9.47 Å². The highest BCUT2D eigenvalue weighted by Crippen LogP contribution is 2.77. The van der Waals surface area contributed by atoms with E-state index in [0.29, 0.717) is 51.4 Å². The second-order valence-electron chi connectivity index (χ2n) is 19.2. The van der Waals surface area contributed by atoms with E-state index >= 15 is 4.39 Å². The molecule has 61 heavy (non-hydrogen) atoms. The summed E-state index contributed by atoms with van der Waals surface area (Å²) in [5.74, 6) is 0.500. The number of pyridine rings is 1. The number of carbonyl (C=O) groups is 1. The average molecular weight is 852 g/mol. The van der Waals surface area contributed by atoms with Crippen LogP contribution >= 0.6 is 10.7 Å². The van der Waals surface area contributed by atoms with Gasteiger partial charge in [0.15, 0.2) is 0 Å². The van der Waals surface area contributed by atoms with Crippen LogP contribution in [0.4, 0.5) is 21.5 Å². The van der Waals surface area contributed by atoms with Crippen LogP contribution in [0.2, 0.25) is 0 Å². The van der Waals surface area contributed by atoms with Crippen LogP contribution in [0, 0.1) is 26.4 Å². The van der Waals surface area contributed by atoms with Gasteiger partial charge < -0.3 is 24.7 Å². The van der Waals surface area contributed by atoms with E-state index in [1.807, 2.05) is 35.8 Å². The number of benzene rings is 2. The number of carbonyl (C=O) groups excluding carboxylic acids is 1. The Kier molecular flexibility index (Phi) is 11.0. The van der Waals surface area contributed by atoms with Gasteiger partial charge in [-0.2, -0.15) is 0 Å². The van der Waals surface area contributed by atoms with Crippen LogP contribution in [-0.4, -0.2) is 89.2 Å². The summed E-state index contributed by atoms with van der Waals surface area (Å²) in [4.78, 5) is 39.1. The van der Waals surface area contributed by atoms with Crippen molar-refractivity contribution in [2.75, 3.05) is 62.7 Å². The summed E-state index contributed by atoms with van der Waals surface area (Å²) in [5.41, 5.74) is 5.53. The lowest BCUT2D eigenvalue weighted by Crippen LogP contribution is -2.61. The van der Waals surface area contributed by atoms with E-state index < -0.39 is 21.3 Å². The van der Waals surface area contributed by atoms with Crippen molar-refractivity contribution in [3.63, 3.8) is 0 Å². The third kappa shape index (κ3) is 8.55. The van der Waals surface area contributed by atoms with Gasteiger partial charge in [-0.3, -0.25) is 24.5 Å². The maximum atomic E-state index is 15.3. The number of rotatable bonds is 13. The number of hydrogen-bond donors (Lipinski definition) is 3. The second-order valence-corrected chi connectivity index (χ2v) is 21.1. The molecular formula is C47H58FN7O5S. The number of hydrogen-bond acceptors (Lipinski definition) is 9. The quantitative estimate of drug-likeness (QED) is 0.0520. The third-order valence-electron chi connectivity index (χ3n) is 13.9. The lowest BCUT2D eigenvalue weighted by Gasteiger charge is -2.72.